The molecule has 1 aliphatic carbocycles. The van der Waals surface area contributed by atoms with E-state index in [0.29, 0.717) is 0 Å². The van der Waals surface area contributed by atoms with Crippen molar-refractivity contribution < 1.29 is 0 Å². The van der Waals surface area contributed by atoms with E-state index in [1.165, 1.54) is 12.0 Å². The van der Waals surface area contributed by atoms with E-state index in [2.05, 4.69) is 19.1 Å². The van der Waals surface area contributed by atoms with Crippen molar-refractivity contribution in [1.29, 1.82) is 0 Å². The van der Waals surface area contributed by atoms with Gasteiger partial charge in [0.2, 0.25) is 0 Å². The molecule has 0 aromatic carbocycles. The summed E-state index contributed by atoms with van der Waals surface area (Å²) in [4.78, 5) is 0. The van der Waals surface area contributed by atoms with Crippen LogP contribution in [0.25, 0.3) is 0 Å². The minimum absolute atomic E-state index is 0.931. The van der Waals surface area contributed by atoms with Crippen LogP contribution in [-0.2, 0) is 0 Å². The second-order valence-electron chi connectivity index (χ2n) is 2.07. The molecular weight excluding hydrogens is 145 g/mol. The fraction of sp³-hybridized carbons (Fsp3) is 0.333. The summed E-state index contributed by atoms with van der Waals surface area (Å²) in [5.41, 5.74) is 1.53. The van der Waals surface area contributed by atoms with Gasteiger partial charge >= 0.3 is 52.0 Å². The Bertz CT molecular complexity index is 131. The van der Waals surface area contributed by atoms with Crippen LogP contribution in [0.15, 0.2) is 22.1 Å². The third-order valence-corrected chi connectivity index (χ3v) is 3.98. The van der Waals surface area contributed by atoms with Crippen LogP contribution < -0.4 is 0 Å². The number of allylic oxidation sites excluding steroid dienone is 4. The van der Waals surface area contributed by atoms with Crippen LogP contribution in [0.4, 0.5) is 0 Å². The molecule has 0 aliphatic heterocycles. The molecule has 0 radical (unpaired) electrons. The van der Waals surface area contributed by atoms with Gasteiger partial charge in [-0.3, -0.25) is 0 Å². The van der Waals surface area contributed by atoms with Crippen molar-refractivity contribution >= 4 is 16.5 Å². The van der Waals surface area contributed by atoms with E-state index in [9.17, 15) is 0 Å². The molecule has 0 bridgehead atoms. The van der Waals surface area contributed by atoms with Crippen molar-refractivity contribution in [3.05, 3.63) is 22.1 Å². The first kappa shape index (κ1) is 5.17. The molecule has 0 amide bonds. The second kappa shape index (κ2) is 1.87. The molecule has 0 fully saturated rings. The molecule has 0 spiro atoms. The molecular formula is C6H10Ge. The zero-order chi connectivity index (χ0) is 5.28. The SMILES string of the molecule is CC1=[C]([GeH3])CC=C1. The van der Waals surface area contributed by atoms with E-state index >= 15 is 0 Å². The maximum atomic E-state index is 2.25. The topological polar surface area (TPSA) is 0 Å². The molecule has 1 rings (SSSR count). The Hall–Kier alpha value is 0.0229. The third-order valence-electron chi connectivity index (χ3n) is 1.47. The first-order valence-electron chi connectivity index (χ1n) is 2.63. The van der Waals surface area contributed by atoms with E-state index in [-0.39, 0.29) is 0 Å². The summed E-state index contributed by atoms with van der Waals surface area (Å²) >= 11 is 0.931. The monoisotopic (exact) mass is 156 g/mol. The molecule has 38 valence electrons. The number of rotatable bonds is 0. The molecule has 0 heterocycles. The first-order chi connectivity index (χ1) is 3.30. The molecule has 0 nitrogen and oxygen atoms in total. The van der Waals surface area contributed by atoms with Gasteiger partial charge in [-0.05, 0) is 0 Å². The summed E-state index contributed by atoms with van der Waals surface area (Å²) in [6, 6.07) is 0. The summed E-state index contributed by atoms with van der Waals surface area (Å²) in [5, 5.41) is 0. The number of hydrogen-bond donors (Lipinski definition) is 0. The van der Waals surface area contributed by atoms with E-state index in [0.717, 1.165) is 16.5 Å². The quantitative estimate of drug-likeness (QED) is 0.448. The van der Waals surface area contributed by atoms with Crippen LogP contribution in [0.2, 0.25) is 0 Å². The van der Waals surface area contributed by atoms with Crippen molar-refractivity contribution in [3.63, 3.8) is 0 Å². The summed E-state index contributed by atoms with van der Waals surface area (Å²) in [5.74, 6) is 0. The Labute approximate surface area is 52.5 Å². The predicted octanol–water partition coefficient (Wildman–Crippen LogP) is 0.586. The van der Waals surface area contributed by atoms with Crippen LogP contribution in [0.3, 0.4) is 0 Å². The molecule has 0 saturated heterocycles. The van der Waals surface area contributed by atoms with Crippen molar-refractivity contribution in [3.8, 4) is 0 Å². The van der Waals surface area contributed by atoms with Gasteiger partial charge in [0.15, 0.2) is 0 Å². The van der Waals surface area contributed by atoms with Crippen molar-refractivity contribution in [2.75, 3.05) is 0 Å². The van der Waals surface area contributed by atoms with E-state index in [4.69, 9.17) is 0 Å². The standard InChI is InChI=1S/C6H10Ge/c1-5-3-2-4-6(5)7/h2-3H,4H2,1,7H3. The molecule has 1 aliphatic rings. The van der Waals surface area contributed by atoms with Crippen molar-refractivity contribution in [2.45, 2.75) is 13.3 Å². The van der Waals surface area contributed by atoms with Crippen LogP contribution >= 0.6 is 0 Å². The van der Waals surface area contributed by atoms with Gasteiger partial charge in [-0.15, -0.1) is 0 Å². The van der Waals surface area contributed by atoms with Gasteiger partial charge in [-0.1, -0.05) is 0 Å². The van der Waals surface area contributed by atoms with Gasteiger partial charge in [0, 0.05) is 0 Å². The van der Waals surface area contributed by atoms with Gasteiger partial charge in [-0.2, -0.15) is 0 Å². The molecule has 0 saturated carbocycles. The molecule has 1 heteroatoms. The van der Waals surface area contributed by atoms with Gasteiger partial charge in [0.25, 0.3) is 0 Å². The summed E-state index contributed by atoms with van der Waals surface area (Å²) in [6.07, 6.45) is 5.72. The van der Waals surface area contributed by atoms with Crippen molar-refractivity contribution in [2.24, 2.45) is 0 Å². The molecule has 0 unspecified atom stereocenters. The predicted molar refractivity (Wildman–Crippen MR) is 36.4 cm³/mol. The van der Waals surface area contributed by atoms with E-state index in [1.54, 1.807) is 4.41 Å². The van der Waals surface area contributed by atoms with Gasteiger partial charge in [0.05, 0.1) is 0 Å². The van der Waals surface area contributed by atoms with Crippen LogP contribution in [0, 0.1) is 0 Å². The second-order valence-corrected chi connectivity index (χ2v) is 4.60. The van der Waals surface area contributed by atoms with Crippen LogP contribution in [0.5, 0.6) is 0 Å². The zero-order valence-electron chi connectivity index (χ0n) is 4.86. The van der Waals surface area contributed by atoms with Crippen LogP contribution in [-0.4, -0.2) is 16.5 Å². The maximum absolute atomic E-state index is 2.25. The van der Waals surface area contributed by atoms with Gasteiger partial charge in [-0.25, -0.2) is 0 Å². The molecule has 7 heavy (non-hydrogen) atoms. The van der Waals surface area contributed by atoms with E-state index in [1.807, 2.05) is 0 Å². The number of hydrogen-bond acceptors (Lipinski definition) is 0. The summed E-state index contributed by atoms with van der Waals surface area (Å²) < 4.78 is 1.70. The Kier molecular flexibility index (Phi) is 1.38. The molecule has 0 aromatic rings. The molecule has 0 N–H and O–H groups in total. The fourth-order valence-electron chi connectivity index (χ4n) is 0.716. The molecule has 0 aromatic heterocycles. The zero-order valence-corrected chi connectivity index (χ0v) is 9.06. The average molecular weight is 155 g/mol. The Balaban J connectivity index is 2.79. The fourth-order valence-corrected chi connectivity index (χ4v) is 1.56. The Morgan fingerprint density at radius 2 is 2.43 bits per heavy atom. The first-order valence-corrected chi connectivity index (χ1v) is 4.73. The minimum atomic E-state index is 0.931. The molecule has 0 atom stereocenters. The average Bonchev–Trinajstić information content (AvgIpc) is 1.91. The Morgan fingerprint density at radius 1 is 1.71 bits per heavy atom. The van der Waals surface area contributed by atoms with E-state index < -0.39 is 0 Å². The van der Waals surface area contributed by atoms with Gasteiger partial charge in [0.1, 0.15) is 0 Å². The van der Waals surface area contributed by atoms with Crippen LogP contribution in [0.1, 0.15) is 13.3 Å². The van der Waals surface area contributed by atoms with Gasteiger partial charge < -0.3 is 0 Å². The van der Waals surface area contributed by atoms with Crippen molar-refractivity contribution in [1.82, 2.24) is 0 Å². The third kappa shape index (κ3) is 0.970. The summed E-state index contributed by atoms with van der Waals surface area (Å²) in [7, 11) is 0. The Morgan fingerprint density at radius 3 is 2.57 bits per heavy atom. The normalized spacial score (nSPS) is 19.6. The summed E-state index contributed by atoms with van der Waals surface area (Å²) in [6.45, 7) is 2.20.